The van der Waals surface area contributed by atoms with Crippen LogP contribution in [0.3, 0.4) is 0 Å². The monoisotopic (exact) mass is 513 g/mol. The molecule has 0 aliphatic carbocycles. The lowest BCUT2D eigenvalue weighted by atomic mass is 10.2. The van der Waals surface area contributed by atoms with E-state index in [0.717, 1.165) is 21.3 Å². The lowest BCUT2D eigenvalue weighted by Gasteiger charge is -2.16. The summed E-state index contributed by atoms with van der Waals surface area (Å²) in [6.45, 7) is 3.42. The van der Waals surface area contributed by atoms with Crippen molar-refractivity contribution in [2.75, 3.05) is 11.9 Å². The first-order chi connectivity index (χ1) is 14.0. The van der Waals surface area contributed by atoms with Crippen LogP contribution in [-0.4, -0.2) is 6.61 Å². The molecule has 0 aromatic heterocycles. The zero-order chi connectivity index (χ0) is 20.8. The first-order valence-corrected chi connectivity index (χ1v) is 10.9. The van der Waals surface area contributed by atoms with Gasteiger partial charge in [-0.2, -0.15) is 0 Å². The summed E-state index contributed by atoms with van der Waals surface area (Å²) in [5.74, 6) is 1.34. The minimum atomic E-state index is 0.394. The summed E-state index contributed by atoms with van der Waals surface area (Å²) >= 11 is 21.9. The molecule has 0 fully saturated rings. The molecule has 29 heavy (non-hydrogen) atoms. The van der Waals surface area contributed by atoms with Crippen molar-refractivity contribution in [3.8, 4) is 11.5 Å². The molecule has 152 valence electrons. The van der Waals surface area contributed by atoms with Crippen LogP contribution in [0.5, 0.6) is 11.5 Å². The Morgan fingerprint density at radius 1 is 0.897 bits per heavy atom. The van der Waals surface area contributed by atoms with Gasteiger partial charge in [0.05, 0.1) is 17.3 Å². The summed E-state index contributed by atoms with van der Waals surface area (Å²) in [6.07, 6.45) is 0. The molecule has 0 saturated carbocycles. The van der Waals surface area contributed by atoms with Gasteiger partial charge in [0.1, 0.15) is 6.61 Å². The van der Waals surface area contributed by atoms with Crippen LogP contribution in [-0.2, 0) is 13.2 Å². The molecule has 0 radical (unpaired) electrons. The topological polar surface area (TPSA) is 30.5 Å². The fraction of sp³-hybridized carbons (Fsp3) is 0.182. The number of hydrogen-bond acceptors (Lipinski definition) is 3. The molecule has 0 spiro atoms. The van der Waals surface area contributed by atoms with Crippen LogP contribution in [0, 0.1) is 0 Å². The van der Waals surface area contributed by atoms with Gasteiger partial charge in [-0.25, -0.2) is 0 Å². The lowest BCUT2D eigenvalue weighted by Crippen LogP contribution is -2.04. The number of anilines is 1. The molecule has 7 heteroatoms. The van der Waals surface area contributed by atoms with Crippen LogP contribution < -0.4 is 14.8 Å². The van der Waals surface area contributed by atoms with E-state index < -0.39 is 0 Å². The molecule has 3 nitrogen and oxygen atoms in total. The van der Waals surface area contributed by atoms with Crippen LogP contribution in [0.15, 0.2) is 59.1 Å². The third-order valence-corrected chi connectivity index (χ3v) is 5.62. The zero-order valence-electron chi connectivity index (χ0n) is 15.6. The van der Waals surface area contributed by atoms with Gasteiger partial charge >= 0.3 is 0 Å². The summed E-state index contributed by atoms with van der Waals surface area (Å²) in [4.78, 5) is 0. The molecule has 0 saturated heterocycles. The van der Waals surface area contributed by atoms with Crippen LogP contribution in [0.1, 0.15) is 18.1 Å². The number of benzene rings is 3. The van der Waals surface area contributed by atoms with Gasteiger partial charge < -0.3 is 14.8 Å². The van der Waals surface area contributed by atoms with Gasteiger partial charge in [-0.05, 0) is 60.5 Å². The zero-order valence-corrected chi connectivity index (χ0v) is 19.5. The Morgan fingerprint density at radius 3 is 2.38 bits per heavy atom. The highest BCUT2D eigenvalue weighted by molar-refractivity contribution is 9.10. The predicted octanol–water partition coefficient (Wildman–Crippen LogP) is 8.00. The number of nitrogens with one attached hydrogen (secondary N) is 1. The molecule has 0 aliphatic rings. The molecule has 3 aromatic carbocycles. The van der Waals surface area contributed by atoms with E-state index in [1.165, 1.54) is 0 Å². The van der Waals surface area contributed by atoms with E-state index in [2.05, 4.69) is 21.2 Å². The summed E-state index contributed by atoms with van der Waals surface area (Å²) in [7, 11) is 0. The van der Waals surface area contributed by atoms with Crippen molar-refractivity contribution in [1.82, 2.24) is 0 Å². The summed E-state index contributed by atoms with van der Waals surface area (Å²) < 4.78 is 12.7. The Labute approximate surface area is 194 Å². The highest BCUT2D eigenvalue weighted by Gasteiger charge is 2.12. The molecule has 3 rings (SSSR count). The van der Waals surface area contributed by atoms with Gasteiger partial charge in [-0.3, -0.25) is 0 Å². The van der Waals surface area contributed by atoms with E-state index in [0.29, 0.717) is 46.3 Å². The van der Waals surface area contributed by atoms with Crippen molar-refractivity contribution in [2.24, 2.45) is 0 Å². The third-order valence-electron chi connectivity index (χ3n) is 4.10. The molecule has 0 amide bonds. The standard InChI is InChI=1S/C22H19BrCl3NO2/c1-2-28-21-9-15(12-27-20-7-6-17(25)10-19(20)26)18(23)11-22(21)29-13-14-4-3-5-16(24)8-14/h3-11,27H,2,12-13H2,1H3. The van der Waals surface area contributed by atoms with E-state index in [-0.39, 0.29) is 0 Å². The minimum Gasteiger partial charge on any atom is -0.490 e. The second kappa shape index (κ2) is 10.4. The Balaban J connectivity index is 1.76. The van der Waals surface area contributed by atoms with Crippen molar-refractivity contribution < 1.29 is 9.47 Å². The molecule has 0 atom stereocenters. The normalized spacial score (nSPS) is 10.7. The van der Waals surface area contributed by atoms with E-state index in [1.54, 1.807) is 12.1 Å². The van der Waals surface area contributed by atoms with Crippen molar-refractivity contribution in [3.05, 3.63) is 85.3 Å². The molecule has 3 aromatic rings. The van der Waals surface area contributed by atoms with E-state index >= 15 is 0 Å². The molecule has 0 heterocycles. The maximum Gasteiger partial charge on any atom is 0.162 e. The quantitative estimate of drug-likeness (QED) is 0.330. The summed E-state index contributed by atoms with van der Waals surface area (Å²) in [5, 5.41) is 5.17. The first kappa shape index (κ1) is 22.1. The average Bonchev–Trinajstić information content (AvgIpc) is 2.68. The van der Waals surface area contributed by atoms with Gasteiger partial charge in [-0.15, -0.1) is 0 Å². The van der Waals surface area contributed by atoms with Crippen molar-refractivity contribution >= 4 is 56.4 Å². The Hall–Kier alpha value is -1.59. The van der Waals surface area contributed by atoms with Gasteiger partial charge in [0.15, 0.2) is 11.5 Å². The van der Waals surface area contributed by atoms with E-state index in [1.807, 2.05) is 49.4 Å². The van der Waals surface area contributed by atoms with Crippen LogP contribution in [0.25, 0.3) is 0 Å². The van der Waals surface area contributed by atoms with E-state index in [4.69, 9.17) is 44.3 Å². The number of rotatable bonds is 8. The van der Waals surface area contributed by atoms with E-state index in [9.17, 15) is 0 Å². The Morgan fingerprint density at radius 2 is 1.66 bits per heavy atom. The lowest BCUT2D eigenvalue weighted by molar-refractivity contribution is 0.269. The van der Waals surface area contributed by atoms with Gasteiger partial charge in [0.25, 0.3) is 0 Å². The second-order valence-corrected chi connectivity index (χ2v) is 8.35. The smallest absolute Gasteiger partial charge is 0.162 e. The fourth-order valence-electron chi connectivity index (χ4n) is 2.70. The third kappa shape index (κ3) is 6.19. The predicted molar refractivity (Wildman–Crippen MR) is 125 cm³/mol. The Bertz CT molecular complexity index is 998. The number of hydrogen-bond donors (Lipinski definition) is 1. The largest absolute Gasteiger partial charge is 0.490 e. The minimum absolute atomic E-state index is 0.394. The SMILES string of the molecule is CCOc1cc(CNc2ccc(Cl)cc2Cl)c(Br)cc1OCc1cccc(Cl)c1. The maximum absolute atomic E-state index is 6.24. The number of halogens is 4. The number of ether oxygens (including phenoxy) is 2. The Kier molecular flexibility index (Phi) is 7.96. The molecular weight excluding hydrogens is 497 g/mol. The van der Waals surface area contributed by atoms with Crippen molar-refractivity contribution in [3.63, 3.8) is 0 Å². The highest BCUT2D eigenvalue weighted by atomic mass is 79.9. The molecule has 0 bridgehead atoms. The van der Waals surface area contributed by atoms with Crippen molar-refractivity contribution in [1.29, 1.82) is 0 Å². The fourth-order valence-corrected chi connectivity index (χ4v) is 3.86. The van der Waals surface area contributed by atoms with Crippen LogP contribution >= 0.6 is 50.7 Å². The van der Waals surface area contributed by atoms with Crippen LogP contribution in [0.4, 0.5) is 5.69 Å². The molecule has 1 N–H and O–H groups in total. The summed E-state index contributed by atoms with van der Waals surface area (Å²) in [6, 6.07) is 16.8. The highest BCUT2D eigenvalue weighted by Crippen LogP contribution is 2.35. The molecule has 0 unspecified atom stereocenters. The van der Waals surface area contributed by atoms with Crippen LogP contribution in [0.2, 0.25) is 15.1 Å². The first-order valence-electron chi connectivity index (χ1n) is 8.97. The summed E-state index contributed by atoms with van der Waals surface area (Å²) in [5.41, 5.74) is 2.80. The average molecular weight is 516 g/mol. The molecular formula is C22H19BrCl3NO2. The van der Waals surface area contributed by atoms with Gasteiger partial charge in [-0.1, -0.05) is 62.9 Å². The van der Waals surface area contributed by atoms with Gasteiger partial charge in [0.2, 0.25) is 0 Å². The molecule has 0 aliphatic heterocycles. The maximum atomic E-state index is 6.24. The van der Waals surface area contributed by atoms with Crippen molar-refractivity contribution in [2.45, 2.75) is 20.1 Å². The van der Waals surface area contributed by atoms with Gasteiger partial charge in [0, 0.05) is 21.1 Å². The second-order valence-electron chi connectivity index (χ2n) is 6.22.